The number of rotatable bonds is 7. The Bertz CT molecular complexity index is 776. The summed E-state index contributed by atoms with van der Waals surface area (Å²) in [4.78, 5) is 19.9. The SMILES string of the molecule is O=C(CSCc1ccncc1)Nc1ccn(Cc2ccncc2)n1. The lowest BCUT2D eigenvalue weighted by atomic mass is 10.3. The molecular weight excluding hydrogens is 322 g/mol. The van der Waals surface area contributed by atoms with Gasteiger partial charge in [-0.3, -0.25) is 19.4 Å². The van der Waals surface area contributed by atoms with Crippen LogP contribution < -0.4 is 5.32 Å². The van der Waals surface area contributed by atoms with Crippen LogP contribution in [0.1, 0.15) is 11.1 Å². The number of hydrogen-bond donors (Lipinski definition) is 1. The number of amides is 1. The summed E-state index contributed by atoms with van der Waals surface area (Å²) in [5.74, 6) is 1.69. The Morgan fingerprint density at radius 3 is 2.38 bits per heavy atom. The summed E-state index contributed by atoms with van der Waals surface area (Å²) in [5.41, 5.74) is 2.27. The van der Waals surface area contributed by atoms with Crippen molar-refractivity contribution in [3.8, 4) is 0 Å². The van der Waals surface area contributed by atoms with Gasteiger partial charge < -0.3 is 5.32 Å². The summed E-state index contributed by atoms with van der Waals surface area (Å²) in [5, 5.41) is 7.18. The predicted octanol–water partition coefficient (Wildman–Crippen LogP) is 2.59. The second-order valence-electron chi connectivity index (χ2n) is 5.15. The molecule has 3 aromatic heterocycles. The molecule has 0 aliphatic carbocycles. The Morgan fingerprint density at radius 2 is 1.67 bits per heavy atom. The van der Waals surface area contributed by atoms with Crippen LogP contribution in [0.25, 0.3) is 0 Å². The zero-order valence-corrected chi connectivity index (χ0v) is 13.8. The van der Waals surface area contributed by atoms with Gasteiger partial charge >= 0.3 is 0 Å². The van der Waals surface area contributed by atoms with Gasteiger partial charge in [0.2, 0.25) is 5.91 Å². The normalized spacial score (nSPS) is 10.5. The van der Waals surface area contributed by atoms with Crippen LogP contribution in [0, 0.1) is 0 Å². The molecule has 0 saturated heterocycles. The minimum atomic E-state index is -0.0526. The van der Waals surface area contributed by atoms with E-state index in [-0.39, 0.29) is 5.91 Å². The van der Waals surface area contributed by atoms with Crippen LogP contribution in [0.5, 0.6) is 0 Å². The summed E-state index contributed by atoms with van der Waals surface area (Å²) >= 11 is 1.56. The van der Waals surface area contributed by atoms with E-state index >= 15 is 0 Å². The fraction of sp³-hybridized carbons (Fsp3) is 0.176. The van der Waals surface area contributed by atoms with E-state index in [1.807, 2.05) is 30.5 Å². The van der Waals surface area contributed by atoms with Crippen molar-refractivity contribution in [3.05, 3.63) is 72.4 Å². The molecule has 3 aromatic rings. The minimum Gasteiger partial charge on any atom is -0.308 e. The monoisotopic (exact) mass is 339 g/mol. The van der Waals surface area contributed by atoms with Crippen LogP contribution in [0.2, 0.25) is 0 Å². The molecule has 0 unspecified atom stereocenters. The van der Waals surface area contributed by atoms with E-state index in [0.717, 1.165) is 16.9 Å². The molecule has 0 aliphatic rings. The van der Waals surface area contributed by atoms with Crippen LogP contribution in [0.15, 0.2) is 61.3 Å². The van der Waals surface area contributed by atoms with Gasteiger partial charge in [0, 0.05) is 42.8 Å². The van der Waals surface area contributed by atoms with Gasteiger partial charge in [-0.15, -0.1) is 11.8 Å². The van der Waals surface area contributed by atoms with Gasteiger partial charge in [-0.05, 0) is 35.4 Å². The highest BCUT2D eigenvalue weighted by atomic mass is 32.2. The lowest BCUT2D eigenvalue weighted by molar-refractivity contribution is -0.113. The largest absolute Gasteiger partial charge is 0.308 e. The summed E-state index contributed by atoms with van der Waals surface area (Å²) < 4.78 is 1.79. The number of aromatic nitrogens is 4. The lowest BCUT2D eigenvalue weighted by Gasteiger charge is -2.03. The highest BCUT2D eigenvalue weighted by molar-refractivity contribution is 7.99. The van der Waals surface area contributed by atoms with Crippen LogP contribution in [-0.2, 0) is 17.1 Å². The zero-order chi connectivity index (χ0) is 16.6. The Kier molecular flexibility index (Phi) is 5.57. The molecule has 0 fully saturated rings. The first-order chi connectivity index (χ1) is 11.8. The topological polar surface area (TPSA) is 72.7 Å². The van der Waals surface area contributed by atoms with Gasteiger partial charge in [-0.1, -0.05) is 0 Å². The molecule has 0 radical (unpaired) electrons. The number of pyridine rings is 2. The third-order valence-corrected chi connectivity index (χ3v) is 4.26. The van der Waals surface area contributed by atoms with Crippen LogP contribution in [0.3, 0.4) is 0 Å². The molecule has 122 valence electrons. The van der Waals surface area contributed by atoms with Gasteiger partial charge in [0.25, 0.3) is 0 Å². The van der Waals surface area contributed by atoms with Crippen molar-refractivity contribution in [3.63, 3.8) is 0 Å². The second kappa shape index (κ2) is 8.26. The third-order valence-electron chi connectivity index (χ3n) is 3.25. The van der Waals surface area contributed by atoms with E-state index in [9.17, 15) is 4.79 Å². The lowest BCUT2D eigenvalue weighted by Crippen LogP contribution is -2.15. The molecule has 0 atom stereocenters. The summed E-state index contributed by atoms with van der Waals surface area (Å²) in [6.45, 7) is 0.648. The molecule has 1 N–H and O–H groups in total. The van der Waals surface area contributed by atoms with E-state index in [1.165, 1.54) is 0 Å². The average molecular weight is 339 g/mol. The molecule has 0 bridgehead atoms. The number of thioether (sulfide) groups is 1. The van der Waals surface area contributed by atoms with Crippen molar-refractivity contribution >= 4 is 23.5 Å². The Morgan fingerprint density at radius 1 is 1.00 bits per heavy atom. The third kappa shape index (κ3) is 4.92. The predicted molar refractivity (Wildman–Crippen MR) is 94.6 cm³/mol. The summed E-state index contributed by atoms with van der Waals surface area (Å²) in [6.07, 6.45) is 8.86. The van der Waals surface area contributed by atoms with Crippen molar-refractivity contribution in [1.29, 1.82) is 0 Å². The molecule has 0 spiro atoms. The molecular formula is C17H17N5OS. The van der Waals surface area contributed by atoms with Crippen molar-refractivity contribution in [2.24, 2.45) is 0 Å². The molecule has 3 heterocycles. The Balaban J connectivity index is 1.45. The standard InChI is InChI=1S/C17H17N5OS/c23-17(13-24-12-15-3-8-19-9-4-15)20-16-5-10-22(21-16)11-14-1-6-18-7-2-14/h1-10H,11-13H2,(H,20,21,23). The molecule has 0 aromatic carbocycles. The minimum absolute atomic E-state index is 0.0526. The Hall–Kier alpha value is -2.67. The fourth-order valence-electron chi connectivity index (χ4n) is 2.11. The molecule has 0 aliphatic heterocycles. The highest BCUT2D eigenvalue weighted by Crippen LogP contribution is 2.12. The molecule has 3 rings (SSSR count). The summed E-state index contributed by atoms with van der Waals surface area (Å²) in [6, 6.07) is 9.58. The van der Waals surface area contributed by atoms with Gasteiger partial charge in [0.05, 0.1) is 12.3 Å². The number of nitrogens with one attached hydrogen (secondary N) is 1. The van der Waals surface area contributed by atoms with Gasteiger partial charge in [0.15, 0.2) is 5.82 Å². The fourth-order valence-corrected chi connectivity index (χ4v) is 2.90. The number of anilines is 1. The van der Waals surface area contributed by atoms with Crippen molar-refractivity contribution < 1.29 is 4.79 Å². The van der Waals surface area contributed by atoms with Gasteiger partial charge in [-0.2, -0.15) is 5.10 Å². The van der Waals surface area contributed by atoms with Gasteiger partial charge in [0.1, 0.15) is 0 Å². The first kappa shape index (κ1) is 16.2. The van der Waals surface area contributed by atoms with E-state index in [0.29, 0.717) is 18.1 Å². The quantitative estimate of drug-likeness (QED) is 0.716. The van der Waals surface area contributed by atoms with Crippen LogP contribution in [-0.4, -0.2) is 31.4 Å². The second-order valence-corrected chi connectivity index (χ2v) is 6.14. The van der Waals surface area contributed by atoms with Crippen molar-refractivity contribution in [2.45, 2.75) is 12.3 Å². The van der Waals surface area contributed by atoms with E-state index in [2.05, 4.69) is 20.4 Å². The molecule has 6 nitrogen and oxygen atoms in total. The number of carbonyl (C=O) groups is 1. The average Bonchev–Trinajstić information content (AvgIpc) is 3.03. The van der Waals surface area contributed by atoms with Gasteiger partial charge in [-0.25, -0.2) is 0 Å². The maximum Gasteiger partial charge on any atom is 0.235 e. The molecule has 24 heavy (non-hydrogen) atoms. The van der Waals surface area contributed by atoms with E-state index in [1.54, 1.807) is 47.3 Å². The van der Waals surface area contributed by atoms with E-state index < -0.39 is 0 Å². The first-order valence-corrected chi connectivity index (χ1v) is 8.64. The number of carbonyl (C=O) groups excluding carboxylic acids is 1. The molecule has 1 amide bonds. The first-order valence-electron chi connectivity index (χ1n) is 7.48. The number of hydrogen-bond acceptors (Lipinski definition) is 5. The van der Waals surface area contributed by atoms with Crippen LogP contribution >= 0.6 is 11.8 Å². The van der Waals surface area contributed by atoms with Crippen LogP contribution in [0.4, 0.5) is 5.82 Å². The highest BCUT2D eigenvalue weighted by Gasteiger charge is 2.06. The van der Waals surface area contributed by atoms with Crippen molar-refractivity contribution in [2.75, 3.05) is 11.1 Å². The molecule has 0 saturated carbocycles. The molecule has 7 heteroatoms. The smallest absolute Gasteiger partial charge is 0.235 e. The zero-order valence-electron chi connectivity index (χ0n) is 13.0. The summed E-state index contributed by atoms with van der Waals surface area (Å²) in [7, 11) is 0. The van der Waals surface area contributed by atoms with Crippen molar-refractivity contribution in [1.82, 2.24) is 19.7 Å². The van der Waals surface area contributed by atoms with E-state index in [4.69, 9.17) is 0 Å². The Labute approximate surface area is 144 Å². The maximum absolute atomic E-state index is 12.0. The maximum atomic E-state index is 12.0. The number of nitrogens with zero attached hydrogens (tertiary/aromatic N) is 4.